The number of nitrogen functional groups attached to an aromatic ring is 1. The summed E-state index contributed by atoms with van der Waals surface area (Å²) >= 11 is 0. The van der Waals surface area contributed by atoms with E-state index in [4.69, 9.17) is 5.73 Å². The zero-order valence-electron chi connectivity index (χ0n) is 16.2. The van der Waals surface area contributed by atoms with Crippen molar-refractivity contribution >= 4 is 23.2 Å². The molecule has 0 aliphatic heterocycles. The highest BCUT2D eigenvalue weighted by atomic mass is 16.2. The lowest BCUT2D eigenvalue weighted by atomic mass is 10.1. The van der Waals surface area contributed by atoms with Crippen LogP contribution >= 0.6 is 0 Å². The first-order chi connectivity index (χ1) is 13.0. The van der Waals surface area contributed by atoms with Crippen LogP contribution in [0.2, 0.25) is 0 Å². The summed E-state index contributed by atoms with van der Waals surface area (Å²) in [4.78, 5) is 26.6. The molecule has 0 saturated heterocycles. The third-order valence-electron chi connectivity index (χ3n) is 4.28. The molecule has 2 rings (SSSR count). The van der Waals surface area contributed by atoms with E-state index in [9.17, 15) is 9.59 Å². The van der Waals surface area contributed by atoms with E-state index >= 15 is 0 Å². The monoisotopic (exact) mass is 367 g/mol. The highest BCUT2D eigenvalue weighted by Crippen LogP contribution is 2.14. The van der Waals surface area contributed by atoms with Crippen LogP contribution in [0, 0.1) is 0 Å². The minimum atomic E-state index is -0.0601. The smallest absolute Gasteiger partial charge is 0.253 e. The summed E-state index contributed by atoms with van der Waals surface area (Å²) in [5.41, 5.74) is 8.84. The molecular weight excluding hydrogens is 338 g/mol. The van der Waals surface area contributed by atoms with E-state index in [-0.39, 0.29) is 11.8 Å². The third kappa shape index (κ3) is 6.44. The predicted molar refractivity (Wildman–Crippen MR) is 111 cm³/mol. The van der Waals surface area contributed by atoms with Crippen LogP contribution in [0.5, 0.6) is 0 Å². The number of hydrogen-bond acceptors (Lipinski definition) is 3. The fourth-order valence-electron chi connectivity index (χ4n) is 2.96. The van der Waals surface area contributed by atoms with Crippen LogP contribution in [-0.2, 0) is 11.2 Å². The first-order valence-electron chi connectivity index (χ1n) is 9.57. The maximum atomic E-state index is 12.6. The Bertz CT molecular complexity index is 750. The maximum Gasteiger partial charge on any atom is 0.253 e. The zero-order chi connectivity index (χ0) is 19.6. The second-order valence-corrected chi connectivity index (χ2v) is 6.66. The van der Waals surface area contributed by atoms with Crippen LogP contribution in [0.1, 0.15) is 49.0 Å². The largest absolute Gasteiger partial charge is 0.399 e. The van der Waals surface area contributed by atoms with E-state index in [1.54, 1.807) is 24.3 Å². The summed E-state index contributed by atoms with van der Waals surface area (Å²) < 4.78 is 0. The van der Waals surface area contributed by atoms with Gasteiger partial charge in [-0.15, -0.1) is 0 Å². The van der Waals surface area contributed by atoms with Crippen LogP contribution in [0.25, 0.3) is 0 Å². The van der Waals surface area contributed by atoms with E-state index in [2.05, 4.69) is 19.2 Å². The Kier molecular flexibility index (Phi) is 7.86. The van der Waals surface area contributed by atoms with Gasteiger partial charge in [-0.3, -0.25) is 9.59 Å². The van der Waals surface area contributed by atoms with Crippen LogP contribution in [0.4, 0.5) is 11.4 Å². The van der Waals surface area contributed by atoms with Gasteiger partial charge < -0.3 is 16.0 Å². The molecule has 0 fully saturated rings. The Hall–Kier alpha value is -2.82. The van der Waals surface area contributed by atoms with Crippen molar-refractivity contribution in [3.05, 3.63) is 59.7 Å². The van der Waals surface area contributed by atoms with Crippen molar-refractivity contribution in [3.63, 3.8) is 0 Å². The Morgan fingerprint density at radius 1 is 1.00 bits per heavy atom. The zero-order valence-corrected chi connectivity index (χ0v) is 16.2. The second kappa shape index (κ2) is 10.4. The highest BCUT2D eigenvalue weighted by Gasteiger charge is 2.14. The van der Waals surface area contributed by atoms with E-state index < -0.39 is 0 Å². The molecule has 0 atom stereocenters. The van der Waals surface area contributed by atoms with Gasteiger partial charge in [0, 0.05) is 36.4 Å². The molecule has 2 amide bonds. The lowest BCUT2D eigenvalue weighted by molar-refractivity contribution is -0.116. The number of aryl methyl sites for hydroxylation is 1. The normalized spacial score (nSPS) is 10.4. The summed E-state index contributed by atoms with van der Waals surface area (Å²) in [6.45, 7) is 5.65. The first kappa shape index (κ1) is 20.5. The summed E-state index contributed by atoms with van der Waals surface area (Å²) in [5.74, 6) is -0.0201. The molecule has 0 bridgehead atoms. The summed E-state index contributed by atoms with van der Waals surface area (Å²) in [7, 11) is 0. The molecule has 144 valence electrons. The van der Waals surface area contributed by atoms with Gasteiger partial charge in [0.25, 0.3) is 5.91 Å². The molecule has 2 aromatic rings. The summed E-state index contributed by atoms with van der Waals surface area (Å²) in [6.07, 6.45) is 2.89. The van der Waals surface area contributed by atoms with Crippen LogP contribution in [-0.4, -0.2) is 29.8 Å². The minimum absolute atomic E-state index is 0.0400. The van der Waals surface area contributed by atoms with Gasteiger partial charge in [-0.2, -0.15) is 0 Å². The van der Waals surface area contributed by atoms with Crippen LogP contribution in [0.3, 0.4) is 0 Å². The highest BCUT2D eigenvalue weighted by molar-refractivity contribution is 5.95. The van der Waals surface area contributed by atoms with Crippen molar-refractivity contribution in [2.45, 2.75) is 39.5 Å². The molecule has 0 spiro atoms. The molecule has 2 aromatic carbocycles. The fourth-order valence-corrected chi connectivity index (χ4v) is 2.96. The number of nitrogens with one attached hydrogen (secondary N) is 1. The van der Waals surface area contributed by atoms with Gasteiger partial charge in [0.05, 0.1) is 0 Å². The maximum absolute atomic E-state index is 12.6. The minimum Gasteiger partial charge on any atom is -0.399 e. The van der Waals surface area contributed by atoms with Crippen LogP contribution in [0.15, 0.2) is 48.5 Å². The Balaban J connectivity index is 1.90. The van der Waals surface area contributed by atoms with Gasteiger partial charge >= 0.3 is 0 Å². The van der Waals surface area contributed by atoms with Crippen molar-refractivity contribution < 1.29 is 9.59 Å². The van der Waals surface area contributed by atoms with Gasteiger partial charge in [-0.1, -0.05) is 26.0 Å². The van der Waals surface area contributed by atoms with Gasteiger partial charge in [-0.05, 0) is 61.2 Å². The summed E-state index contributed by atoms with van der Waals surface area (Å²) in [5, 5.41) is 2.88. The number of nitrogens with two attached hydrogens (primary N) is 1. The fraction of sp³-hybridized carbons (Fsp3) is 0.364. The van der Waals surface area contributed by atoms with Gasteiger partial charge in [0.15, 0.2) is 0 Å². The molecule has 0 unspecified atom stereocenters. The van der Waals surface area contributed by atoms with E-state index in [0.717, 1.165) is 31.5 Å². The van der Waals surface area contributed by atoms with Crippen molar-refractivity contribution in [2.24, 2.45) is 0 Å². The average Bonchev–Trinajstić information content (AvgIpc) is 2.66. The SMILES string of the molecule is CCCN(CCC)C(=O)c1ccc(NC(=O)CCc2cccc(N)c2)cc1. The Morgan fingerprint density at radius 2 is 1.67 bits per heavy atom. The molecule has 5 nitrogen and oxygen atoms in total. The number of amides is 2. The molecule has 0 radical (unpaired) electrons. The number of rotatable bonds is 9. The summed E-state index contributed by atoms with van der Waals surface area (Å²) in [6, 6.07) is 14.7. The lowest BCUT2D eigenvalue weighted by Crippen LogP contribution is -2.32. The molecule has 0 heterocycles. The third-order valence-corrected chi connectivity index (χ3v) is 4.28. The Morgan fingerprint density at radius 3 is 2.26 bits per heavy atom. The number of carbonyl (C=O) groups is 2. The van der Waals surface area contributed by atoms with Gasteiger partial charge in [0.2, 0.25) is 5.91 Å². The number of hydrogen-bond donors (Lipinski definition) is 2. The molecule has 27 heavy (non-hydrogen) atoms. The Labute approximate surface area is 161 Å². The van der Waals surface area contributed by atoms with Gasteiger partial charge in [0.1, 0.15) is 0 Å². The van der Waals surface area contributed by atoms with E-state index in [0.29, 0.717) is 29.8 Å². The number of benzene rings is 2. The average molecular weight is 367 g/mol. The predicted octanol–water partition coefficient (Wildman–Crippen LogP) is 4.10. The van der Waals surface area contributed by atoms with Crippen molar-refractivity contribution in [3.8, 4) is 0 Å². The molecule has 5 heteroatoms. The molecule has 0 saturated carbocycles. The van der Waals surface area contributed by atoms with E-state index in [1.807, 2.05) is 29.2 Å². The van der Waals surface area contributed by atoms with Gasteiger partial charge in [-0.25, -0.2) is 0 Å². The topological polar surface area (TPSA) is 75.4 Å². The van der Waals surface area contributed by atoms with E-state index in [1.165, 1.54) is 0 Å². The van der Waals surface area contributed by atoms with Crippen molar-refractivity contribution in [1.29, 1.82) is 0 Å². The lowest BCUT2D eigenvalue weighted by Gasteiger charge is -2.21. The number of anilines is 2. The quantitative estimate of drug-likeness (QED) is 0.655. The molecule has 0 aliphatic carbocycles. The molecule has 0 aromatic heterocycles. The molecule has 3 N–H and O–H groups in total. The number of carbonyl (C=O) groups excluding carboxylic acids is 2. The molecular formula is C22H29N3O2. The van der Waals surface area contributed by atoms with Crippen molar-refractivity contribution in [1.82, 2.24) is 4.90 Å². The first-order valence-corrected chi connectivity index (χ1v) is 9.57. The second-order valence-electron chi connectivity index (χ2n) is 6.66. The van der Waals surface area contributed by atoms with Crippen molar-refractivity contribution in [2.75, 3.05) is 24.1 Å². The standard InChI is InChI=1S/C22H29N3O2/c1-3-14-25(15-4-2)22(27)18-9-11-20(12-10-18)24-21(26)13-8-17-6-5-7-19(23)16-17/h5-7,9-12,16H,3-4,8,13-15,23H2,1-2H3,(H,24,26). The molecule has 0 aliphatic rings. The number of nitrogens with zero attached hydrogens (tertiary/aromatic N) is 1. The van der Waals surface area contributed by atoms with Crippen LogP contribution < -0.4 is 11.1 Å².